The number of carbonyl (C=O) groups is 1. The Morgan fingerprint density at radius 1 is 1.43 bits per heavy atom. The van der Waals surface area contributed by atoms with E-state index in [1.54, 1.807) is 11.6 Å². The van der Waals surface area contributed by atoms with Gasteiger partial charge >= 0.3 is 5.97 Å². The first-order valence-corrected chi connectivity index (χ1v) is 6.63. The molecule has 0 radical (unpaired) electrons. The predicted octanol–water partition coefficient (Wildman–Crippen LogP) is 2.54. The van der Waals surface area contributed by atoms with Crippen LogP contribution in [-0.4, -0.2) is 22.7 Å². The van der Waals surface area contributed by atoms with E-state index >= 15 is 0 Å². The Bertz CT molecular complexity index is 766. The van der Waals surface area contributed by atoms with Crippen LogP contribution in [0.25, 0.3) is 10.9 Å². The normalized spacial score (nSPS) is 11.1. The van der Waals surface area contributed by atoms with Gasteiger partial charge in [0.15, 0.2) is 0 Å². The van der Waals surface area contributed by atoms with E-state index in [0.29, 0.717) is 12.1 Å². The molecule has 0 fully saturated rings. The van der Waals surface area contributed by atoms with Crippen molar-refractivity contribution in [3.05, 3.63) is 39.9 Å². The molecule has 2 aromatic rings. The molecule has 0 aliphatic carbocycles. The van der Waals surface area contributed by atoms with Gasteiger partial charge in [0.1, 0.15) is 11.4 Å². The molecule has 0 saturated heterocycles. The second-order valence-corrected chi connectivity index (χ2v) is 5.32. The van der Waals surface area contributed by atoms with Gasteiger partial charge in [0.25, 0.3) is 0 Å². The van der Waals surface area contributed by atoms with Gasteiger partial charge in [-0.1, -0.05) is 13.8 Å². The molecule has 1 aromatic carbocycles. The number of pyridine rings is 1. The van der Waals surface area contributed by atoms with E-state index in [2.05, 4.69) is 5.32 Å². The number of fused-ring (bicyclic) bond motifs is 1. The van der Waals surface area contributed by atoms with E-state index in [4.69, 9.17) is 5.11 Å². The number of carboxylic acid groups (broad SMARTS) is 1. The molecule has 6 heteroatoms. The zero-order valence-corrected chi connectivity index (χ0v) is 12.1. The van der Waals surface area contributed by atoms with Crippen LogP contribution >= 0.6 is 0 Å². The third-order valence-corrected chi connectivity index (χ3v) is 3.23. The summed E-state index contributed by atoms with van der Waals surface area (Å²) in [5.74, 6) is -1.64. The number of hydrogen-bond donors (Lipinski definition) is 2. The summed E-state index contributed by atoms with van der Waals surface area (Å²) in [4.78, 5) is 23.4. The lowest BCUT2D eigenvalue weighted by Crippen LogP contribution is -2.20. The molecule has 0 bridgehead atoms. The number of carboxylic acids is 1. The van der Waals surface area contributed by atoms with Crippen molar-refractivity contribution in [2.45, 2.75) is 20.4 Å². The predicted molar refractivity (Wildman–Crippen MR) is 79.5 cm³/mol. The van der Waals surface area contributed by atoms with Gasteiger partial charge in [-0.15, -0.1) is 0 Å². The van der Waals surface area contributed by atoms with E-state index in [9.17, 15) is 14.0 Å². The van der Waals surface area contributed by atoms with Crippen LogP contribution in [0.5, 0.6) is 0 Å². The van der Waals surface area contributed by atoms with Crippen LogP contribution in [-0.2, 0) is 6.54 Å². The summed E-state index contributed by atoms with van der Waals surface area (Å²) >= 11 is 0. The average molecular weight is 292 g/mol. The lowest BCUT2D eigenvalue weighted by molar-refractivity contribution is 0.0694. The van der Waals surface area contributed by atoms with E-state index in [1.807, 2.05) is 13.8 Å². The van der Waals surface area contributed by atoms with E-state index < -0.39 is 17.2 Å². The van der Waals surface area contributed by atoms with Crippen molar-refractivity contribution < 1.29 is 14.3 Å². The molecule has 0 saturated carbocycles. The Morgan fingerprint density at radius 3 is 2.62 bits per heavy atom. The zero-order valence-electron chi connectivity index (χ0n) is 12.1. The lowest BCUT2D eigenvalue weighted by atomic mass is 10.1. The Labute approximate surface area is 121 Å². The summed E-state index contributed by atoms with van der Waals surface area (Å²) in [6.45, 7) is 4.49. The quantitative estimate of drug-likeness (QED) is 0.908. The number of hydrogen-bond acceptors (Lipinski definition) is 3. The van der Waals surface area contributed by atoms with Crippen LogP contribution in [0.15, 0.2) is 23.1 Å². The van der Waals surface area contributed by atoms with Crippen molar-refractivity contribution in [3.8, 4) is 0 Å². The zero-order chi connectivity index (χ0) is 15.7. The van der Waals surface area contributed by atoms with Crippen LogP contribution in [0.4, 0.5) is 10.1 Å². The molecule has 5 nitrogen and oxygen atoms in total. The third-order valence-electron chi connectivity index (χ3n) is 3.23. The molecule has 0 spiro atoms. The second kappa shape index (κ2) is 5.55. The number of aromatic carboxylic acids is 1. The second-order valence-electron chi connectivity index (χ2n) is 5.32. The van der Waals surface area contributed by atoms with Gasteiger partial charge in [-0.25, -0.2) is 9.18 Å². The van der Waals surface area contributed by atoms with Crippen molar-refractivity contribution in [3.63, 3.8) is 0 Å². The highest BCUT2D eigenvalue weighted by molar-refractivity contribution is 5.93. The molecule has 0 aliphatic heterocycles. The van der Waals surface area contributed by atoms with Crippen LogP contribution in [0.2, 0.25) is 0 Å². The Kier molecular flexibility index (Phi) is 3.97. The minimum absolute atomic E-state index is 0.0760. The van der Waals surface area contributed by atoms with Crippen molar-refractivity contribution >= 4 is 22.6 Å². The molecule has 0 amide bonds. The summed E-state index contributed by atoms with van der Waals surface area (Å²) < 4.78 is 15.6. The smallest absolute Gasteiger partial charge is 0.341 e. The number of rotatable bonds is 4. The standard InChI is InChI=1S/C15H17FN2O3/c1-8(2)6-18-7-10(15(20)21)14(19)9-4-11(16)12(17-3)5-13(9)18/h4-5,7-8,17H,6H2,1-3H3,(H,20,21). The van der Waals surface area contributed by atoms with Gasteiger partial charge in [-0.3, -0.25) is 4.79 Å². The highest BCUT2D eigenvalue weighted by atomic mass is 19.1. The molecule has 0 aliphatic rings. The van der Waals surface area contributed by atoms with Crippen LogP contribution in [0.1, 0.15) is 24.2 Å². The van der Waals surface area contributed by atoms with Gasteiger partial charge in [-0.05, 0) is 18.1 Å². The number of nitrogens with one attached hydrogen (secondary N) is 1. The maximum absolute atomic E-state index is 13.9. The third kappa shape index (κ3) is 2.74. The molecule has 1 heterocycles. The minimum Gasteiger partial charge on any atom is -0.477 e. The minimum atomic E-state index is -1.31. The fraction of sp³-hybridized carbons (Fsp3) is 0.333. The highest BCUT2D eigenvalue weighted by Gasteiger charge is 2.17. The van der Waals surface area contributed by atoms with Crippen molar-refractivity contribution in [1.82, 2.24) is 4.57 Å². The van der Waals surface area contributed by atoms with E-state index in [0.717, 1.165) is 6.07 Å². The van der Waals surface area contributed by atoms with Crippen molar-refractivity contribution in [2.75, 3.05) is 12.4 Å². The topological polar surface area (TPSA) is 71.3 Å². The number of anilines is 1. The van der Waals surface area contributed by atoms with Crippen molar-refractivity contribution in [2.24, 2.45) is 5.92 Å². The highest BCUT2D eigenvalue weighted by Crippen LogP contribution is 2.22. The lowest BCUT2D eigenvalue weighted by Gasteiger charge is -2.15. The molecule has 21 heavy (non-hydrogen) atoms. The number of benzene rings is 1. The summed E-state index contributed by atoms with van der Waals surface area (Å²) in [5, 5.41) is 11.9. The molecular formula is C15H17FN2O3. The molecule has 0 atom stereocenters. The summed E-state index contributed by atoms with van der Waals surface area (Å²) in [5.41, 5.74) is -0.231. The van der Waals surface area contributed by atoms with Crippen molar-refractivity contribution in [1.29, 1.82) is 0 Å². The first-order chi connectivity index (χ1) is 9.85. The maximum atomic E-state index is 13.9. The largest absolute Gasteiger partial charge is 0.477 e. The molecule has 2 N–H and O–H groups in total. The maximum Gasteiger partial charge on any atom is 0.341 e. The average Bonchev–Trinajstić information content (AvgIpc) is 2.40. The van der Waals surface area contributed by atoms with Crippen LogP contribution in [0, 0.1) is 11.7 Å². The Balaban J connectivity index is 2.88. The SMILES string of the molecule is CNc1cc2c(cc1F)c(=O)c(C(=O)O)cn2CC(C)C. The van der Waals surface area contributed by atoms with Gasteiger partial charge in [0, 0.05) is 25.2 Å². The molecule has 1 aromatic heterocycles. The number of aromatic nitrogens is 1. The molecule has 0 unspecified atom stereocenters. The molecular weight excluding hydrogens is 275 g/mol. The van der Waals surface area contributed by atoms with Gasteiger partial charge < -0.3 is 15.0 Å². The Hall–Kier alpha value is -2.37. The molecule has 112 valence electrons. The number of nitrogens with zero attached hydrogens (tertiary/aromatic N) is 1. The fourth-order valence-electron chi connectivity index (χ4n) is 2.30. The first kappa shape index (κ1) is 15.0. The van der Waals surface area contributed by atoms with E-state index in [1.165, 1.54) is 12.3 Å². The fourth-order valence-corrected chi connectivity index (χ4v) is 2.30. The van der Waals surface area contributed by atoms with Gasteiger partial charge in [-0.2, -0.15) is 0 Å². The van der Waals surface area contributed by atoms with E-state index in [-0.39, 0.29) is 22.6 Å². The summed E-state index contributed by atoms with van der Waals surface area (Å²) in [6, 6.07) is 2.62. The first-order valence-electron chi connectivity index (χ1n) is 6.63. The summed E-state index contributed by atoms with van der Waals surface area (Å²) in [6.07, 6.45) is 1.32. The van der Waals surface area contributed by atoms with Gasteiger partial charge in [0.2, 0.25) is 5.43 Å². The van der Waals surface area contributed by atoms with Crippen LogP contribution < -0.4 is 10.7 Å². The molecule has 2 rings (SSSR count). The summed E-state index contributed by atoms with van der Waals surface area (Å²) in [7, 11) is 1.58. The number of halogens is 1. The monoisotopic (exact) mass is 292 g/mol. The Morgan fingerprint density at radius 2 is 2.10 bits per heavy atom. The van der Waals surface area contributed by atoms with Gasteiger partial charge in [0.05, 0.1) is 11.2 Å². The van der Waals surface area contributed by atoms with Crippen LogP contribution in [0.3, 0.4) is 0 Å².